The Kier molecular flexibility index (Phi) is 4.96. The molecule has 0 radical (unpaired) electrons. The second kappa shape index (κ2) is 7.01. The minimum absolute atomic E-state index is 0.263. The van der Waals surface area contributed by atoms with E-state index in [4.69, 9.17) is 12.2 Å². The number of amides is 1. The van der Waals surface area contributed by atoms with Crippen molar-refractivity contribution in [2.45, 2.75) is 25.8 Å². The summed E-state index contributed by atoms with van der Waals surface area (Å²) in [6.45, 7) is 1.86. The van der Waals surface area contributed by atoms with Gasteiger partial charge in [0.15, 0.2) is 0 Å². The quantitative estimate of drug-likeness (QED) is 0.594. The van der Waals surface area contributed by atoms with E-state index in [1.807, 2.05) is 49.0 Å². The maximum absolute atomic E-state index is 12.7. The van der Waals surface area contributed by atoms with Gasteiger partial charge in [-0.05, 0) is 18.6 Å². The van der Waals surface area contributed by atoms with Crippen LogP contribution in [0.25, 0.3) is 17.0 Å². The highest BCUT2D eigenvalue weighted by Crippen LogP contribution is 2.36. The van der Waals surface area contributed by atoms with Crippen LogP contribution in [0.4, 0.5) is 0 Å². The molecule has 2 heterocycles. The first-order valence-electron chi connectivity index (χ1n) is 7.96. The number of rotatable bonds is 5. The molecule has 0 saturated carbocycles. The maximum atomic E-state index is 12.7. The highest BCUT2D eigenvalue weighted by molar-refractivity contribution is 8.26. The molecular formula is C18H17N2O3S2-. The number of nitrogens with zero attached hydrogens (tertiary/aromatic N) is 2. The van der Waals surface area contributed by atoms with Crippen LogP contribution in [-0.2, 0) is 16.6 Å². The summed E-state index contributed by atoms with van der Waals surface area (Å²) in [5, 5.41) is 12.4. The van der Waals surface area contributed by atoms with Gasteiger partial charge in [0.2, 0.25) is 0 Å². The molecule has 2 aromatic rings. The molecule has 0 unspecified atom stereocenters. The van der Waals surface area contributed by atoms with Crippen LogP contribution in [0.3, 0.4) is 0 Å². The fourth-order valence-corrected chi connectivity index (χ4v) is 4.35. The van der Waals surface area contributed by atoms with E-state index in [-0.39, 0.29) is 10.2 Å². The molecule has 1 aromatic heterocycles. The van der Waals surface area contributed by atoms with Crippen LogP contribution in [0.2, 0.25) is 0 Å². The Morgan fingerprint density at radius 3 is 2.80 bits per heavy atom. The van der Waals surface area contributed by atoms with Gasteiger partial charge in [-0.2, -0.15) is 0 Å². The third-order valence-corrected chi connectivity index (χ3v) is 5.51. The van der Waals surface area contributed by atoms with Crippen molar-refractivity contribution in [2.24, 2.45) is 7.05 Å². The molecular weight excluding hydrogens is 356 g/mol. The van der Waals surface area contributed by atoms with E-state index in [1.54, 1.807) is 6.08 Å². The summed E-state index contributed by atoms with van der Waals surface area (Å²) in [6.07, 6.45) is 4.66. The summed E-state index contributed by atoms with van der Waals surface area (Å²) >= 11 is 6.39. The van der Waals surface area contributed by atoms with Crippen LogP contribution in [-0.4, -0.2) is 31.7 Å². The number of thiocarbonyl (C=S) groups is 1. The number of carboxylic acids is 1. The highest BCUT2D eigenvalue weighted by atomic mass is 32.2. The van der Waals surface area contributed by atoms with E-state index >= 15 is 0 Å². The Balaban J connectivity index is 1.98. The topological polar surface area (TPSA) is 65.4 Å². The predicted octanol–water partition coefficient (Wildman–Crippen LogP) is 2.30. The molecule has 1 atom stereocenters. The van der Waals surface area contributed by atoms with Crippen molar-refractivity contribution in [3.8, 4) is 0 Å². The summed E-state index contributed by atoms with van der Waals surface area (Å²) in [5.74, 6) is -1.64. The number of carbonyl (C=O) groups is 2. The molecule has 130 valence electrons. The standard InChI is InChI=1S/C18H18N2O3S2/c1-3-6-14(17(22)23)20-16(21)15(25-18(20)24)9-11-10-19(2)13-8-5-4-7-12(11)13/h4-5,7-10,14H,3,6H2,1-2H3,(H,22,23)/p-1/b15-9+/t14-/m1/s1. The van der Waals surface area contributed by atoms with Gasteiger partial charge in [0.25, 0.3) is 5.91 Å². The van der Waals surface area contributed by atoms with E-state index in [0.717, 1.165) is 28.2 Å². The van der Waals surface area contributed by atoms with Crippen molar-refractivity contribution in [3.63, 3.8) is 0 Å². The van der Waals surface area contributed by atoms with Gasteiger partial charge < -0.3 is 14.5 Å². The van der Waals surface area contributed by atoms with Crippen molar-refractivity contribution >= 4 is 57.2 Å². The lowest BCUT2D eigenvalue weighted by Crippen LogP contribution is -2.49. The van der Waals surface area contributed by atoms with Gasteiger partial charge in [0, 0.05) is 29.7 Å². The molecule has 1 fully saturated rings. The molecule has 0 spiro atoms. The van der Waals surface area contributed by atoms with E-state index in [9.17, 15) is 14.7 Å². The third-order valence-electron chi connectivity index (χ3n) is 4.18. The van der Waals surface area contributed by atoms with Crippen molar-refractivity contribution in [2.75, 3.05) is 0 Å². The first kappa shape index (κ1) is 17.7. The van der Waals surface area contributed by atoms with Crippen LogP contribution in [0.15, 0.2) is 35.4 Å². The largest absolute Gasteiger partial charge is 0.548 e. The molecule has 0 bridgehead atoms. The number of hydrogen-bond donors (Lipinski definition) is 0. The highest BCUT2D eigenvalue weighted by Gasteiger charge is 2.37. The Morgan fingerprint density at radius 1 is 1.40 bits per heavy atom. The smallest absolute Gasteiger partial charge is 0.266 e. The molecule has 1 aromatic carbocycles. The predicted molar refractivity (Wildman–Crippen MR) is 102 cm³/mol. The number of fused-ring (bicyclic) bond motifs is 1. The Hall–Kier alpha value is -2.12. The molecule has 0 aliphatic carbocycles. The van der Waals surface area contributed by atoms with Gasteiger partial charge in [0.05, 0.1) is 16.9 Å². The monoisotopic (exact) mass is 373 g/mol. The summed E-state index contributed by atoms with van der Waals surface area (Å²) < 4.78 is 2.25. The number of aromatic nitrogens is 1. The number of benzene rings is 1. The first-order chi connectivity index (χ1) is 11.9. The second-order valence-corrected chi connectivity index (χ2v) is 7.56. The Labute approximate surface area is 155 Å². The van der Waals surface area contributed by atoms with Gasteiger partial charge in [-0.25, -0.2) is 0 Å². The van der Waals surface area contributed by atoms with Crippen LogP contribution in [0, 0.1) is 0 Å². The Morgan fingerprint density at radius 2 is 2.12 bits per heavy atom. The zero-order valence-corrected chi connectivity index (χ0v) is 15.5. The molecule has 25 heavy (non-hydrogen) atoms. The normalized spacial score (nSPS) is 17.7. The lowest BCUT2D eigenvalue weighted by atomic mass is 10.1. The van der Waals surface area contributed by atoms with Crippen LogP contribution in [0.5, 0.6) is 0 Å². The van der Waals surface area contributed by atoms with Gasteiger partial charge in [0.1, 0.15) is 4.32 Å². The van der Waals surface area contributed by atoms with Gasteiger partial charge in [-0.15, -0.1) is 0 Å². The van der Waals surface area contributed by atoms with E-state index < -0.39 is 12.0 Å². The van der Waals surface area contributed by atoms with Crippen molar-refractivity contribution < 1.29 is 14.7 Å². The van der Waals surface area contributed by atoms with Crippen LogP contribution in [0.1, 0.15) is 25.3 Å². The zero-order chi connectivity index (χ0) is 18.1. The third kappa shape index (κ3) is 3.21. The van der Waals surface area contributed by atoms with Gasteiger partial charge in [-0.1, -0.05) is 55.5 Å². The van der Waals surface area contributed by atoms with Crippen LogP contribution < -0.4 is 5.11 Å². The summed E-state index contributed by atoms with van der Waals surface area (Å²) in [4.78, 5) is 25.8. The van der Waals surface area contributed by atoms with Gasteiger partial charge in [-0.3, -0.25) is 9.69 Å². The van der Waals surface area contributed by atoms with Crippen LogP contribution >= 0.6 is 24.0 Å². The SMILES string of the molecule is CCC[C@H](C(=O)[O-])N1C(=O)/C(=C\c2cn(C)c3ccccc23)SC1=S. The van der Waals surface area contributed by atoms with E-state index in [2.05, 4.69) is 0 Å². The van der Waals surface area contributed by atoms with E-state index in [1.165, 1.54) is 4.90 Å². The first-order valence-corrected chi connectivity index (χ1v) is 9.18. The van der Waals surface area contributed by atoms with Crippen molar-refractivity contribution in [1.29, 1.82) is 0 Å². The molecule has 5 nitrogen and oxygen atoms in total. The van der Waals surface area contributed by atoms with Crippen molar-refractivity contribution in [3.05, 3.63) is 40.9 Å². The lowest BCUT2D eigenvalue weighted by molar-refractivity contribution is -0.310. The molecule has 1 aliphatic rings. The van der Waals surface area contributed by atoms with Gasteiger partial charge >= 0.3 is 0 Å². The molecule has 1 amide bonds. The number of carbonyl (C=O) groups excluding carboxylic acids is 2. The Bertz CT molecular complexity index is 901. The number of aliphatic carboxylic acids is 1. The van der Waals surface area contributed by atoms with E-state index in [0.29, 0.717) is 17.7 Å². The fraction of sp³-hybridized carbons (Fsp3) is 0.278. The molecule has 0 N–H and O–H groups in total. The number of thioether (sulfide) groups is 1. The number of aryl methyl sites for hydroxylation is 1. The number of hydrogen-bond acceptors (Lipinski definition) is 5. The second-order valence-electron chi connectivity index (χ2n) is 5.89. The molecule has 1 aliphatic heterocycles. The minimum Gasteiger partial charge on any atom is -0.548 e. The molecule has 3 rings (SSSR count). The summed E-state index contributed by atoms with van der Waals surface area (Å²) in [5.41, 5.74) is 1.96. The zero-order valence-electron chi connectivity index (χ0n) is 13.9. The number of para-hydroxylation sites is 1. The average molecular weight is 373 g/mol. The minimum atomic E-state index is -1.27. The fourth-order valence-electron chi connectivity index (χ4n) is 3.00. The van der Waals surface area contributed by atoms with Crippen molar-refractivity contribution in [1.82, 2.24) is 9.47 Å². The maximum Gasteiger partial charge on any atom is 0.266 e. The summed E-state index contributed by atoms with van der Waals surface area (Å²) in [7, 11) is 1.94. The lowest BCUT2D eigenvalue weighted by Gasteiger charge is -2.27. The molecule has 7 heteroatoms. The summed E-state index contributed by atoms with van der Waals surface area (Å²) in [6, 6.07) is 6.88. The molecule has 1 saturated heterocycles. The average Bonchev–Trinajstić information content (AvgIpc) is 3.03. The number of carboxylic acid groups (broad SMARTS) is 1.